The van der Waals surface area contributed by atoms with Crippen LogP contribution in [0.25, 0.3) is 0 Å². The summed E-state index contributed by atoms with van der Waals surface area (Å²) in [6, 6.07) is 8.95. The number of benzene rings is 2. The van der Waals surface area contributed by atoms with E-state index in [4.69, 9.17) is 28.4 Å². The number of ether oxygens (including phenoxy) is 6. The van der Waals surface area contributed by atoms with E-state index in [1.54, 1.807) is 32.4 Å². The number of aromatic hydroxyl groups is 1. The third-order valence-electron chi connectivity index (χ3n) is 5.33. The first-order valence-corrected chi connectivity index (χ1v) is 11.6. The zero-order valence-electron chi connectivity index (χ0n) is 21.0. The van der Waals surface area contributed by atoms with Crippen molar-refractivity contribution in [1.29, 1.82) is 0 Å². The molecule has 7 heteroatoms. The summed E-state index contributed by atoms with van der Waals surface area (Å²) in [5.74, 6) is 2.04. The highest BCUT2D eigenvalue weighted by atomic mass is 16.6. The van der Waals surface area contributed by atoms with Gasteiger partial charge < -0.3 is 33.5 Å². The van der Waals surface area contributed by atoms with E-state index in [-0.39, 0.29) is 5.75 Å². The van der Waals surface area contributed by atoms with E-state index in [2.05, 4.69) is 13.5 Å². The van der Waals surface area contributed by atoms with E-state index in [0.29, 0.717) is 49.2 Å². The minimum absolute atomic E-state index is 0.0580. The summed E-state index contributed by atoms with van der Waals surface area (Å²) in [6.45, 7) is 9.40. The van der Waals surface area contributed by atoms with Crippen molar-refractivity contribution in [2.45, 2.75) is 45.3 Å². The molecule has 0 aliphatic heterocycles. The molecule has 2 aromatic carbocycles. The van der Waals surface area contributed by atoms with Gasteiger partial charge in [-0.05, 0) is 55.2 Å². The van der Waals surface area contributed by atoms with Crippen LogP contribution in [0.3, 0.4) is 0 Å². The van der Waals surface area contributed by atoms with Crippen molar-refractivity contribution in [3.8, 4) is 28.7 Å². The third-order valence-corrected chi connectivity index (χ3v) is 5.33. The van der Waals surface area contributed by atoms with Crippen LogP contribution in [0.5, 0.6) is 28.7 Å². The second-order valence-electron chi connectivity index (χ2n) is 7.83. The van der Waals surface area contributed by atoms with E-state index >= 15 is 0 Å². The number of hydrogen-bond donors (Lipinski definition) is 1. The second-order valence-corrected chi connectivity index (χ2v) is 7.83. The zero-order valence-corrected chi connectivity index (χ0v) is 21.0. The number of methoxy groups -OCH3 is 3. The summed E-state index contributed by atoms with van der Waals surface area (Å²) in [6.07, 6.45) is 3.70. The van der Waals surface area contributed by atoms with Crippen molar-refractivity contribution < 1.29 is 33.5 Å². The molecule has 0 bridgehead atoms. The number of phenols is 1. The molecule has 2 aromatic rings. The van der Waals surface area contributed by atoms with Crippen LogP contribution in [-0.4, -0.2) is 52.4 Å². The highest BCUT2D eigenvalue weighted by Crippen LogP contribution is 2.41. The van der Waals surface area contributed by atoms with Gasteiger partial charge in [-0.2, -0.15) is 0 Å². The number of phenolic OH excluding ortho intramolecular Hbond substituents is 1. The van der Waals surface area contributed by atoms with Gasteiger partial charge in [0.05, 0.1) is 34.5 Å². The summed E-state index contributed by atoms with van der Waals surface area (Å²) in [5.41, 5.74) is 1.81. The Kier molecular flexibility index (Phi) is 11.6. The summed E-state index contributed by atoms with van der Waals surface area (Å²) >= 11 is 0. The SMILES string of the molecule is C=CCc1cc(OC)c(OC(C)C(OCCOCCCC)c2ccc(O)c(OC)c2)c(OC)c1. The molecule has 0 aliphatic rings. The predicted octanol–water partition coefficient (Wildman–Crippen LogP) is 5.49. The van der Waals surface area contributed by atoms with Crippen LogP contribution in [0.1, 0.15) is 43.9 Å². The molecule has 2 unspecified atom stereocenters. The summed E-state index contributed by atoms with van der Waals surface area (Å²) in [4.78, 5) is 0. The molecule has 0 fully saturated rings. The van der Waals surface area contributed by atoms with Crippen molar-refractivity contribution in [2.75, 3.05) is 41.2 Å². The lowest BCUT2D eigenvalue weighted by atomic mass is 10.0. The minimum Gasteiger partial charge on any atom is -0.504 e. The van der Waals surface area contributed by atoms with E-state index in [9.17, 15) is 5.11 Å². The van der Waals surface area contributed by atoms with Crippen LogP contribution >= 0.6 is 0 Å². The standard InChI is InChI=1S/C27H38O7/c1-7-9-13-32-14-15-33-26(21-11-12-22(28)23(18-21)29-4)19(3)34-27-24(30-5)16-20(10-8-2)17-25(27)31-6/h8,11-12,16-19,26,28H,2,7,9-10,13-15H2,1,3-6H3. The van der Waals surface area contributed by atoms with Gasteiger partial charge in [-0.1, -0.05) is 25.5 Å². The van der Waals surface area contributed by atoms with Gasteiger partial charge in [0, 0.05) is 6.61 Å². The monoisotopic (exact) mass is 474 g/mol. The van der Waals surface area contributed by atoms with Gasteiger partial charge in [-0.25, -0.2) is 0 Å². The van der Waals surface area contributed by atoms with Gasteiger partial charge in [0.1, 0.15) is 12.2 Å². The van der Waals surface area contributed by atoms with E-state index in [0.717, 1.165) is 24.0 Å². The van der Waals surface area contributed by atoms with Gasteiger partial charge >= 0.3 is 0 Å². The summed E-state index contributed by atoms with van der Waals surface area (Å²) in [5, 5.41) is 10.0. The Morgan fingerprint density at radius 3 is 2.21 bits per heavy atom. The molecule has 34 heavy (non-hydrogen) atoms. The van der Waals surface area contributed by atoms with Gasteiger partial charge in [-0.15, -0.1) is 6.58 Å². The molecule has 0 heterocycles. The smallest absolute Gasteiger partial charge is 0.203 e. The normalized spacial score (nSPS) is 12.6. The largest absolute Gasteiger partial charge is 0.504 e. The zero-order chi connectivity index (χ0) is 24.9. The molecule has 0 saturated carbocycles. The summed E-state index contributed by atoms with van der Waals surface area (Å²) in [7, 11) is 4.70. The molecule has 0 aliphatic carbocycles. The molecular weight excluding hydrogens is 436 g/mol. The Labute approximate surface area is 203 Å². The molecule has 1 N–H and O–H groups in total. The van der Waals surface area contributed by atoms with Crippen molar-refractivity contribution in [3.05, 3.63) is 54.1 Å². The maximum atomic E-state index is 10.0. The molecule has 0 radical (unpaired) electrons. The maximum absolute atomic E-state index is 10.0. The van der Waals surface area contributed by atoms with Crippen LogP contribution in [-0.2, 0) is 15.9 Å². The minimum atomic E-state index is -0.466. The highest BCUT2D eigenvalue weighted by molar-refractivity contribution is 5.54. The van der Waals surface area contributed by atoms with Gasteiger partial charge in [0.2, 0.25) is 5.75 Å². The Morgan fingerprint density at radius 2 is 1.62 bits per heavy atom. The van der Waals surface area contributed by atoms with Gasteiger partial charge in [0.25, 0.3) is 0 Å². The molecular formula is C27H38O7. The number of allylic oxidation sites excluding steroid dienone is 1. The Balaban J connectivity index is 2.30. The van der Waals surface area contributed by atoms with Crippen molar-refractivity contribution in [3.63, 3.8) is 0 Å². The van der Waals surface area contributed by atoms with Crippen LogP contribution < -0.4 is 18.9 Å². The molecule has 188 valence electrons. The van der Waals surface area contributed by atoms with Gasteiger partial charge in [-0.3, -0.25) is 0 Å². The Bertz CT molecular complexity index is 872. The summed E-state index contributed by atoms with van der Waals surface area (Å²) < 4.78 is 34.7. The molecule has 2 atom stereocenters. The first-order valence-electron chi connectivity index (χ1n) is 11.6. The topological polar surface area (TPSA) is 75.6 Å². The molecule has 7 nitrogen and oxygen atoms in total. The average Bonchev–Trinajstić information content (AvgIpc) is 2.84. The fourth-order valence-corrected chi connectivity index (χ4v) is 3.54. The first kappa shape index (κ1) is 27.3. The van der Waals surface area contributed by atoms with Crippen LogP contribution in [0.15, 0.2) is 43.0 Å². The molecule has 2 rings (SSSR count). The average molecular weight is 475 g/mol. The fraction of sp³-hybridized carbons (Fsp3) is 0.481. The maximum Gasteiger partial charge on any atom is 0.203 e. The first-order chi connectivity index (χ1) is 16.5. The molecule has 0 spiro atoms. The number of rotatable bonds is 16. The van der Waals surface area contributed by atoms with Crippen molar-refractivity contribution in [2.24, 2.45) is 0 Å². The lowest BCUT2D eigenvalue weighted by Crippen LogP contribution is -2.26. The lowest BCUT2D eigenvalue weighted by Gasteiger charge is -2.27. The second kappa shape index (κ2) is 14.4. The molecule has 0 saturated heterocycles. The number of unbranched alkanes of at least 4 members (excludes halogenated alkanes) is 1. The Hall–Kier alpha value is -2.90. The fourth-order valence-electron chi connectivity index (χ4n) is 3.54. The van der Waals surface area contributed by atoms with E-state index in [1.165, 1.54) is 7.11 Å². The number of hydrogen-bond acceptors (Lipinski definition) is 7. The lowest BCUT2D eigenvalue weighted by molar-refractivity contribution is -0.0449. The van der Waals surface area contributed by atoms with Crippen LogP contribution in [0.4, 0.5) is 0 Å². The highest BCUT2D eigenvalue weighted by Gasteiger charge is 2.26. The van der Waals surface area contributed by atoms with Crippen LogP contribution in [0.2, 0.25) is 0 Å². The van der Waals surface area contributed by atoms with E-state index in [1.807, 2.05) is 25.1 Å². The molecule has 0 aromatic heterocycles. The van der Waals surface area contributed by atoms with Crippen molar-refractivity contribution >= 4 is 0 Å². The quantitative estimate of drug-likeness (QED) is 0.255. The van der Waals surface area contributed by atoms with Crippen molar-refractivity contribution in [1.82, 2.24) is 0 Å². The predicted molar refractivity (Wildman–Crippen MR) is 133 cm³/mol. The molecule has 0 amide bonds. The third kappa shape index (κ3) is 7.57. The van der Waals surface area contributed by atoms with Gasteiger partial charge in [0.15, 0.2) is 23.0 Å². The van der Waals surface area contributed by atoms with E-state index < -0.39 is 12.2 Å². The van der Waals surface area contributed by atoms with Crippen LogP contribution in [0, 0.1) is 0 Å². The Morgan fingerprint density at radius 1 is 0.941 bits per heavy atom.